The van der Waals surface area contributed by atoms with Crippen molar-refractivity contribution in [1.29, 1.82) is 0 Å². The van der Waals surface area contributed by atoms with Gasteiger partial charge in [-0.15, -0.1) is 13.2 Å². The molecule has 0 bridgehead atoms. The molecule has 0 aliphatic rings. The molecule has 2 rings (SSSR count). The van der Waals surface area contributed by atoms with E-state index in [1.807, 2.05) is 0 Å². The number of carboxylic acid groups (broad SMARTS) is 2. The summed E-state index contributed by atoms with van der Waals surface area (Å²) in [7, 11) is 0. The number of hydrogen-bond acceptors (Lipinski definition) is 4. The maximum absolute atomic E-state index is 12.6. The molecule has 2 aromatic carbocycles. The highest BCUT2D eigenvalue weighted by Crippen LogP contribution is 2.23. The van der Waals surface area contributed by atoms with Gasteiger partial charge in [0.15, 0.2) is 46.5 Å². The van der Waals surface area contributed by atoms with E-state index in [1.165, 1.54) is 0 Å². The smallest absolute Gasteiger partial charge is 0.341 e. The van der Waals surface area contributed by atoms with Crippen LogP contribution in [0.3, 0.4) is 0 Å². The molecule has 16 heteroatoms. The summed E-state index contributed by atoms with van der Waals surface area (Å²) < 4.78 is 124. The molecule has 0 saturated carbocycles. The molecule has 0 unspecified atom stereocenters. The van der Waals surface area contributed by atoms with Crippen LogP contribution in [0.5, 0.6) is 0 Å². The predicted molar refractivity (Wildman–Crippen MR) is 87.7 cm³/mol. The fourth-order valence-corrected chi connectivity index (χ4v) is 1.59. The maximum Gasteiger partial charge on any atom is 0.341 e. The van der Waals surface area contributed by atoms with E-state index in [4.69, 9.17) is 10.2 Å². The molecule has 0 aliphatic carbocycles. The van der Waals surface area contributed by atoms with E-state index in [-0.39, 0.29) is 12.3 Å². The number of carbonyl (C=O) groups is 2. The van der Waals surface area contributed by atoms with Crippen molar-refractivity contribution in [3.05, 3.63) is 82.5 Å². The van der Waals surface area contributed by atoms with Crippen LogP contribution in [0, 0.1) is 58.2 Å². The van der Waals surface area contributed by atoms with Crippen molar-refractivity contribution in [2.45, 2.75) is 0 Å². The van der Waals surface area contributed by atoms with Crippen LogP contribution in [0.15, 0.2) is 13.2 Å². The molecule has 0 saturated heterocycles. The van der Waals surface area contributed by atoms with Gasteiger partial charge in [-0.05, 0) is 0 Å². The van der Waals surface area contributed by atoms with E-state index in [0.29, 0.717) is 0 Å². The molecule has 0 atom stereocenters. The zero-order valence-corrected chi connectivity index (χ0v) is 15.3. The Bertz CT molecular complexity index is 880. The number of carboxylic acids is 2. The third-order valence-electron chi connectivity index (χ3n) is 2.85. The molecule has 180 valence electrons. The van der Waals surface area contributed by atoms with Crippen LogP contribution >= 0.6 is 0 Å². The van der Waals surface area contributed by atoms with Gasteiger partial charge in [0.1, 0.15) is 11.1 Å². The second kappa shape index (κ2) is 12.9. The Hall–Kier alpha value is -3.66. The van der Waals surface area contributed by atoms with Crippen LogP contribution in [0.1, 0.15) is 20.7 Å². The predicted octanol–water partition coefficient (Wildman–Crippen LogP) is 5.29. The maximum atomic E-state index is 12.6. The minimum absolute atomic E-state index is 0. The van der Waals surface area contributed by atoms with Crippen LogP contribution in [0.25, 0.3) is 0 Å². The topological polar surface area (TPSA) is 145 Å². The van der Waals surface area contributed by atoms with Gasteiger partial charge in [0, 0.05) is 0 Å². The van der Waals surface area contributed by atoms with Crippen molar-refractivity contribution >= 4 is 11.9 Å². The quantitative estimate of drug-likeness (QED) is 0.197. The van der Waals surface area contributed by atoms with Crippen LogP contribution in [0.2, 0.25) is 0 Å². The van der Waals surface area contributed by atoms with E-state index in [1.54, 1.807) is 0 Å². The van der Waals surface area contributed by atoms with E-state index in [2.05, 4.69) is 13.2 Å². The van der Waals surface area contributed by atoms with Crippen molar-refractivity contribution in [1.82, 2.24) is 12.3 Å². The Morgan fingerprint density at radius 2 is 0.562 bits per heavy atom. The standard InChI is InChI=1S/2C7HF5O2.C2H4.2H3N/c2*8-2-1(7(13)14)3(9)5(11)6(12)4(2)10;1-2;;/h2*(H,13,14);1-2H2;2*1H3. The summed E-state index contributed by atoms with van der Waals surface area (Å²) in [6.45, 7) is 6.00. The van der Waals surface area contributed by atoms with E-state index in [9.17, 15) is 53.5 Å². The first-order valence-corrected chi connectivity index (χ1v) is 6.75. The molecule has 0 radical (unpaired) electrons. The molecular weight excluding hydrogens is 474 g/mol. The summed E-state index contributed by atoms with van der Waals surface area (Å²) in [5.41, 5.74) is -3.72. The van der Waals surface area contributed by atoms with Gasteiger partial charge in [-0.1, -0.05) is 0 Å². The number of aromatic carboxylic acids is 2. The lowest BCUT2D eigenvalue weighted by atomic mass is 10.1. The van der Waals surface area contributed by atoms with Crippen LogP contribution in [0.4, 0.5) is 43.9 Å². The minimum Gasteiger partial charge on any atom is -0.477 e. The largest absolute Gasteiger partial charge is 0.477 e. The van der Waals surface area contributed by atoms with Crippen molar-refractivity contribution in [3.8, 4) is 0 Å². The van der Waals surface area contributed by atoms with Crippen LogP contribution in [-0.4, -0.2) is 22.2 Å². The van der Waals surface area contributed by atoms with Crippen molar-refractivity contribution < 1.29 is 63.7 Å². The molecule has 2 aromatic rings. The van der Waals surface area contributed by atoms with Gasteiger partial charge < -0.3 is 22.5 Å². The first-order chi connectivity index (χ1) is 13.7. The molecule has 0 aromatic heterocycles. The van der Waals surface area contributed by atoms with E-state index < -0.39 is 81.2 Å². The second-order valence-corrected chi connectivity index (χ2v) is 4.50. The van der Waals surface area contributed by atoms with Gasteiger partial charge in [-0.3, -0.25) is 0 Å². The number of rotatable bonds is 2. The summed E-state index contributed by atoms with van der Waals surface area (Å²) in [5.74, 6) is -27.7. The Kier molecular flexibility index (Phi) is 13.3. The Balaban J connectivity index is -0.000000461. The number of halogens is 10. The summed E-state index contributed by atoms with van der Waals surface area (Å²) in [6, 6.07) is 0. The Morgan fingerprint density at radius 3 is 0.688 bits per heavy atom. The zero-order chi connectivity index (χ0) is 24.1. The zero-order valence-electron chi connectivity index (χ0n) is 15.3. The monoisotopic (exact) mass is 486 g/mol. The summed E-state index contributed by atoms with van der Waals surface area (Å²) >= 11 is 0. The molecule has 0 aliphatic heterocycles. The van der Waals surface area contributed by atoms with Gasteiger partial charge in [-0.2, -0.15) is 0 Å². The summed E-state index contributed by atoms with van der Waals surface area (Å²) in [5, 5.41) is 16.3. The third kappa shape index (κ3) is 6.17. The number of benzene rings is 2. The van der Waals surface area contributed by atoms with Gasteiger partial charge in [0.25, 0.3) is 0 Å². The number of hydrogen-bond donors (Lipinski definition) is 4. The molecule has 0 amide bonds. The lowest BCUT2D eigenvalue weighted by Crippen LogP contribution is -2.11. The Labute approximate surface area is 171 Å². The van der Waals surface area contributed by atoms with Gasteiger partial charge in [-0.25, -0.2) is 53.5 Å². The summed E-state index contributed by atoms with van der Waals surface area (Å²) in [4.78, 5) is 20.2. The van der Waals surface area contributed by atoms with Crippen molar-refractivity contribution in [3.63, 3.8) is 0 Å². The fourth-order valence-electron chi connectivity index (χ4n) is 1.59. The molecule has 6 nitrogen and oxygen atoms in total. The average molecular weight is 486 g/mol. The minimum atomic E-state index is -2.38. The lowest BCUT2D eigenvalue weighted by molar-refractivity contribution is 0.0671. The third-order valence-corrected chi connectivity index (χ3v) is 2.85. The molecule has 8 N–H and O–H groups in total. The first-order valence-electron chi connectivity index (χ1n) is 6.75. The molecule has 0 spiro atoms. The van der Waals surface area contributed by atoms with Gasteiger partial charge >= 0.3 is 11.9 Å². The highest BCUT2D eigenvalue weighted by atomic mass is 19.2. The normalized spacial score (nSPS) is 9.19. The first kappa shape index (κ1) is 33.0. The SMILES string of the molecule is C=C.N.N.O=C(O)c1c(F)c(F)c(F)c(F)c1F.O=C(O)c1c(F)c(F)c(F)c(F)c1F. The van der Waals surface area contributed by atoms with Crippen LogP contribution in [-0.2, 0) is 0 Å². The van der Waals surface area contributed by atoms with Crippen molar-refractivity contribution in [2.75, 3.05) is 0 Å². The van der Waals surface area contributed by atoms with E-state index >= 15 is 0 Å². The van der Waals surface area contributed by atoms with Gasteiger partial charge in [0.2, 0.25) is 11.6 Å². The average Bonchev–Trinajstić information content (AvgIpc) is 2.69. The molecule has 0 fully saturated rings. The van der Waals surface area contributed by atoms with Gasteiger partial charge in [0.05, 0.1) is 0 Å². The fraction of sp³-hybridized carbons (Fsp3) is 0. The second-order valence-electron chi connectivity index (χ2n) is 4.50. The molecule has 0 heterocycles. The summed E-state index contributed by atoms with van der Waals surface area (Å²) in [6.07, 6.45) is 0. The Morgan fingerprint density at radius 1 is 0.438 bits per heavy atom. The molecule has 32 heavy (non-hydrogen) atoms. The van der Waals surface area contributed by atoms with Crippen LogP contribution < -0.4 is 12.3 Å². The van der Waals surface area contributed by atoms with E-state index in [0.717, 1.165) is 0 Å². The lowest BCUT2D eigenvalue weighted by Gasteiger charge is -2.03. The highest BCUT2D eigenvalue weighted by molar-refractivity contribution is 5.88. The van der Waals surface area contributed by atoms with Crippen molar-refractivity contribution in [2.24, 2.45) is 0 Å². The molecular formula is C16H12F10N2O4. The highest BCUT2D eigenvalue weighted by Gasteiger charge is 2.30.